The molecular formula is C17H25IN4O2S. The molecule has 1 aromatic carbocycles. The third-order valence-electron chi connectivity index (χ3n) is 3.60. The van der Waals surface area contributed by atoms with Crippen molar-refractivity contribution in [1.29, 1.82) is 0 Å². The summed E-state index contributed by atoms with van der Waals surface area (Å²) in [6.45, 7) is 5.31. The number of halogens is 1. The Morgan fingerprint density at radius 2 is 1.96 bits per heavy atom. The van der Waals surface area contributed by atoms with Gasteiger partial charge in [-0.25, -0.2) is 9.98 Å². The molecule has 25 heavy (non-hydrogen) atoms. The Labute approximate surface area is 169 Å². The van der Waals surface area contributed by atoms with Crippen molar-refractivity contribution in [3.8, 4) is 11.5 Å². The Balaban J connectivity index is 0.00000312. The van der Waals surface area contributed by atoms with Crippen LogP contribution in [0.25, 0.3) is 0 Å². The molecule has 6 nitrogen and oxygen atoms in total. The number of aryl methyl sites for hydroxylation is 2. The van der Waals surface area contributed by atoms with Gasteiger partial charge in [-0.3, -0.25) is 0 Å². The zero-order chi connectivity index (χ0) is 17.5. The number of nitrogens with one attached hydrogen (secondary N) is 1. The van der Waals surface area contributed by atoms with E-state index in [9.17, 15) is 0 Å². The van der Waals surface area contributed by atoms with Gasteiger partial charge in [0, 0.05) is 17.8 Å². The van der Waals surface area contributed by atoms with Crippen LogP contribution in [0.5, 0.6) is 11.5 Å². The Morgan fingerprint density at radius 3 is 2.56 bits per heavy atom. The summed E-state index contributed by atoms with van der Waals surface area (Å²) in [6.07, 6.45) is 0.839. The number of hydrogen-bond acceptors (Lipinski definition) is 5. The van der Waals surface area contributed by atoms with Crippen molar-refractivity contribution in [3.05, 3.63) is 39.3 Å². The van der Waals surface area contributed by atoms with Crippen LogP contribution in [-0.4, -0.2) is 31.7 Å². The number of methoxy groups -OCH3 is 2. The topological polar surface area (TPSA) is 81.8 Å². The number of nitrogens with zero attached hydrogens (tertiary/aromatic N) is 2. The summed E-state index contributed by atoms with van der Waals surface area (Å²) in [4.78, 5) is 10.1. The molecule has 1 aromatic heterocycles. The minimum Gasteiger partial charge on any atom is -0.493 e. The second kappa shape index (κ2) is 10.4. The number of benzene rings is 1. The van der Waals surface area contributed by atoms with Gasteiger partial charge in [-0.2, -0.15) is 0 Å². The van der Waals surface area contributed by atoms with E-state index in [1.54, 1.807) is 25.6 Å². The number of aromatic nitrogens is 1. The maximum atomic E-state index is 5.91. The molecule has 8 heteroatoms. The highest BCUT2D eigenvalue weighted by atomic mass is 127. The monoisotopic (exact) mass is 476 g/mol. The first kappa shape index (κ1) is 21.5. The number of ether oxygens (including phenoxy) is 2. The van der Waals surface area contributed by atoms with Gasteiger partial charge in [0.15, 0.2) is 17.5 Å². The Bertz CT molecular complexity index is 699. The highest BCUT2D eigenvalue weighted by Crippen LogP contribution is 2.27. The van der Waals surface area contributed by atoms with Gasteiger partial charge >= 0.3 is 0 Å². The van der Waals surface area contributed by atoms with Crippen LogP contribution in [0.1, 0.15) is 21.1 Å². The van der Waals surface area contributed by atoms with Crippen molar-refractivity contribution in [1.82, 2.24) is 10.3 Å². The van der Waals surface area contributed by atoms with E-state index in [4.69, 9.17) is 15.2 Å². The summed E-state index contributed by atoms with van der Waals surface area (Å²) in [5.74, 6) is 1.81. The van der Waals surface area contributed by atoms with Gasteiger partial charge in [-0.15, -0.1) is 35.3 Å². The predicted octanol–water partition coefficient (Wildman–Crippen LogP) is 3.04. The van der Waals surface area contributed by atoms with Crippen molar-refractivity contribution in [2.45, 2.75) is 26.8 Å². The van der Waals surface area contributed by atoms with Crippen LogP contribution in [0.4, 0.5) is 0 Å². The SMILES string of the molecule is COc1ccc(CN=C(N)NCCc2nc(C)c(C)s2)cc1OC.I. The fourth-order valence-electron chi connectivity index (χ4n) is 2.15. The average Bonchev–Trinajstić information content (AvgIpc) is 2.90. The third kappa shape index (κ3) is 6.35. The standard InChI is InChI=1S/C17H24N4O2S.HI/c1-11-12(2)24-16(21-11)7-8-19-17(18)20-10-13-5-6-14(22-3)15(9-13)23-4;/h5-6,9H,7-8,10H2,1-4H3,(H3,18,19,20);1H. The number of thiazole rings is 1. The lowest BCUT2D eigenvalue weighted by Gasteiger charge is -2.09. The molecule has 0 saturated heterocycles. The van der Waals surface area contributed by atoms with E-state index in [0.717, 1.165) is 22.7 Å². The second-order valence-electron chi connectivity index (χ2n) is 5.32. The molecule has 2 aromatic rings. The molecule has 3 N–H and O–H groups in total. The van der Waals surface area contributed by atoms with E-state index in [1.165, 1.54) is 4.88 Å². The molecule has 0 aliphatic heterocycles. The summed E-state index contributed by atoms with van der Waals surface area (Å²) in [6, 6.07) is 5.70. The maximum Gasteiger partial charge on any atom is 0.188 e. The van der Waals surface area contributed by atoms with Crippen molar-refractivity contribution in [2.75, 3.05) is 20.8 Å². The summed E-state index contributed by atoms with van der Waals surface area (Å²) >= 11 is 1.73. The van der Waals surface area contributed by atoms with Crippen molar-refractivity contribution < 1.29 is 9.47 Å². The molecule has 0 aliphatic rings. The number of rotatable bonds is 7. The van der Waals surface area contributed by atoms with Gasteiger partial charge in [0.05, 0.1) is 31.5 Å². The van der Waals surface area contributed by atoms with Gasteiger partial charge in [0.2, 0.25) is 0 Å². The van der Waals surface area contributed by atoms with Crippen molar-refractivity contribution in [3.63, 3.8) is 0 Å². The zero-order valence-electron chi connectivity index (χ0n) is 15.0. The predicted molar refractivity (Wildman–Crippen MR) is 114 cm³/mol. The molecule has 0 amide bonds. The van der Waals surface area contributed by atoms with Gasteiger partial charge < -0.3 is 20.5 Å². The van der Waals surface area contributed by atoms with Crippen molar-refractivity contribution in [2.24, 2.45) is 10.7 Å². The van der Waals surface area contributed by atoms with Crippen LogP contribution in [0.15, 0.2) is 23.2 Å². The minimum absolute atomic E-state index is 0. The smallest absolute Gasteiger partial charge is 0.188 e. The average molecular weight is 476 g/mol. The van der Waals surface area contributed by atoms with Crippen LogP contribution >= 0.6 is 35.3 Å². The number of hydrogen-bond donors (Lipinski definition) is 2. The summed E-state index contributed by atoms with van der Waals surface area (Å²) in [7, 11) is 3.23. The molecule has 0 saturated carbocycles. The normalized spacial score (nSPS) is 11.0. The van der Waals surface area contributed by atoms with E-state index in [-0.39, 0.29) is 24.0 Å². The van der Waals surface area contributed by atoms with Crippen LogP contribution in [0, 0.1) is 13.8 Å². The molecule has 0 atom stereocenters. The quantitative estimate of drug-likeness (QED) is 0.365. The molecule has 1 heterocycles. The molecule has 0 spiro atoms. The lowest BCUT2D eigenvalue weighted by Crippen LogP contribution is -2.33. The number of nitrogens with two attached hydrogens (primary N) is 1. The van der Waals surface area contributed by atoms with Gasteiger partial charge in [0.25, 0.3) is 0 Å². The first-order valence-corrected chi connectivity index (χ1v) is 8.52. The van der Waals surface area contributed by atoms with Gasteiger partial charge in [-0.05, 0) is 31.5 Å². The fraction of sp³-hybridized carbons (Fsp3) is 0.412. The number of aliphatic imine (C=N–C) groups is 1. The highest BCUT2D eigenvalue weighted by Gasteiger charge is 2.05. The maximum absolute atomic E-state index is 5.91. The van der Waals surface area contributed by atoms with E-state index >= 15 is 0 Å². The first-order valence-electron chi connectivity index (χ1n) is 7.71. The van der Waals surface area contributed by atoms with E-state index in [1.807, 2.05) is 25.1 Å². The summed E-state index contributed by atoms with van der Waals surface area (Å²) in [5.41, 5.74) is 8.02. The molecule has 2 rings (SSSR count). The van der Waals surface area contributed by atoms with Crippen LogP contribution in [0.3, 0.4) is 0 Å². The molecule has 0 fully saturated rings. The highest BCUT2D eigenvalue weighted by molar-refractivity contribution is 14.0. The zero-order valence-corrected chi connectivity index (χ0v) is 18.1. The van der Waals surface area contributed by atoms with Crippen molar-refractivity contribution >= 4 is 41.3 Å². The third-order valence-corrected chi connectivity index (χ3v) is 4.73. The Morgan fingerprint density at radius 1 is 1.24 bits per heavy atom. The lowest BCUT2D eigenvalue weighted by molar-refractivity contribution is 0.354. The molecule has 0 aliphatic carbocycles. The van der Waals surface area contributed by atoms with Crippen LogP contribution < -0.4 is 20.5 Å². The minimum atomic E-state index is 0. The van der Waals surface area contributed by atoms with E-state index in [2.05, 4.69) is 22.2 Å². The summed E-state index contributed by atoms with van der Waals surface area (Å²) < 4.78 is 10.5. The van der Waals surface area contributed by atoms with Gasteiger partial charge in [-0.1, -0.05) is 6.07 Å². The second-order valence-corrected chi connectivity index (χ2v) is 6.60. The van der Waals surface area contributed by atoms with Crippen LogP contribution in [-0.2, 0) is 13.0 Å². The largest absolute Gasteiger partial charge is 0.493 e. The molecule has 138 valence electrons. The van der Waals surface area contributed by atoms with E-state index < -0.39 is 0 Å². The van der Waals surface area contributed by atoms with Gasteiger partial charge in [0.1, 0.15) is 0 Å². The fourth-order valence-corrected chi connectivity index (χ4v) is 3.09. The molecular weight excluding hydrogens is 451 g/mol. The van der Waals surface area contributed by atoms with E-state index in [0.29, 0.717) is 30.5 Å². The van der Waals surface area contributed by atoms with Crippen LogP contribution in [0.2, 0.25) is 0 Å². The lowest BCUT2D eigenvalue weighted by atomic mass is 10.2. The molecule has 0 unspecified atom stereocenters. The molecule has 0 bridgehead atoms. The first-order chi connectivity index (χ1) is 11.5. The molecule has 0 radical (unpaired) electrons. The Hall–Kier alpha value is -1.55. The Kier molecular flexibility index (Phi) is 8.98. The summed E-state index contributed by atoms with van der Waals surface area (Å²) in [5, 5.41) is 4.24. The number of guanidine groups is 1.